The zero-order valence-corrected chi connectivity index (χ0v) is 20.4. The molecule has 194 valence electrons. The van der Waals surface area contributed by atoms with Crippen molar-refractivity contribution in [1.82, 2.24) is 9.88 Å². The number of anilines is 2. The summed E-state index contributed by atoms with van der Waals surface area (Å²) in [6.07, 6.45) is 1.38. The van der Waals surface area contributed by atoms with Crippen LogP contribution in [0.25, 0.3) is 0 Å². The first kappa shape index (κ1) is 26.8. The van der Waals surface area contributed by atoms with Crippen LogP contribution in [0.15, 0.2) is 36.5 Å². The number of nitrogens with one attached hydrogen (secondary N) is 2. The van der Waals surface area contributed by atoms with Crippen LogP contribution in [0.2, 0.25) is 0 Å². The SMILES string of the molecule is COc1ncc(NC(=O)C(=O)N2C[C@@H](C)C(F)(F)C[C@@H]2c2ccc(NS(C)(=O)=O)cc2)cc1C(N)=O. The van der Waals surface area contributed by atoms with Crippen LogP contribution in [0.3, 0.4) is 0 Å². The molecule has 14 heteroatoms. The van der Waals surface area contributed by atoms with Crippen LogP contribution in [0.5, 0.6) is 5.88 Å². The van der Waals surface area contributed by atoms with Gasteiger partial charge in [-0.25, -0.2) is 22.2 Å². The van der Waals surface area contributed by atoms with E-state index in [1.165, 1.54) is 44.4 Å². The molecule has 1 aliphatic rings. The van der Waals surface area contributed by atoms with Gasteiger partial charge in [0, 0.05) is 24.6 Å². The first-order valence-electron chi connectivity index (χ1n) is 10.6. The van der Waals surface area contributed by atoms with E-state index in [0.717, 1.165) is 17.4 Å². The molecule has 0 radical (unpaired) electrons. The van der Waals surface area contributed by atoms with Gasteiger partial charge in [-0.2, -0.15) is 0 Å². The Morgan fingerprint density at radius 3 is 2.39 bits per heavy atom. The van der Waals surface area contributed by atoms with Crippen molar-refractivity contribution in [2.45, 2.75) is 25.3 Å². The number of aromatic nitrogens is 1. The number of primary amides is 1. The highest BCUT2D eigenvalue weighted by Crippen LogP contribution is 2.43. The van der Waals surface area contributed by atoms with Crippen LogP contribution >= 0.6 is 0 Å². The zero-order valence-electron chi connectivity index (χ0n) is 19.6. The van der Waals surface area contributed by atoms with Crippen LogP contribution in [0, 0.1) is 5.92 Å². The second-order valence-corrected chi connectivity index (χ2v) is 10.2. The molecule has 0 aliphatic carbocycles. The van der Waals surface area contributed by atoms with E-state index >= 15 is 0 Å². The number of pyridine rings is 1. The first-order chi connectivity index (χ1) is 16.7. The maximum atomic E-state index is 14.6. The zero-order chi connectivity index (χ0) is 26.8. The lowest BCUT2D eigenvalue weighted by atomic mass is 9.86. The fraction of sp³-hybridized carbons (Fsp3) is 0.364. The maximum Gasteiger partial charge on any atom is 0.313 e. The summed E-state index contributed by atoms with van der Waals surface area (Å²) in [5.41, 5.74) is 5.63. The molecule has 4 N–H and O–H groups in total. The van der Waals surface area contributed by atoms with E-state index in [2.05, 4.69) is 15.0 Å². The molecule has 2 aromatic rings. The number of amides is 3. The van der Waals surface area contributed by atoms with E-state index in [1.807, 2.05) is 0 Å². The van der Waals surface area contributed by atoms with Crippen LogP contribution in [-0.2, 0) is 19.6 Å². The number of sulfonamides is 1. The summed E-state index contributed by atoms with van der Waals surface area (Å²) in [6.45, 7) is 0.876. The lowest BCUT2D eigenvalue weighted by Crippen LogP contribution is -2.52. The normalized spacial score (nSPS) is 19.3. The van der Waals surface area contributed by atoms with Crippen molar-refractivity contribution < 1.29 is 36.3 Å². The van der Waals surface area contributed by atoms with Crippen molar-refractivity contribution in [3.05, 3.63) is 47.7 Å². The number of rotatable bonds is 6. The quantitative estimate of drug-likeness (QED) is 0.484. The molecule has 1 saturated heterocycles. The van der Waals surface area contributed by atoms with Gasteiger partial charge in [-0.3, -0.25) is 19.1 Å². The van der Waals surface area contributed by atoms with E-state index in [1.54, 1.807) is 0 Å². The number of carbonyl (C=O) groups excluding carboxylic acids is 3. The predicted molar refractivity (Wildman–Crippen MR) is 126 cm³/mol. The molecule has 2 atom stereocenters. The molecule has 0 saturated carbocycles. The minimum atomic E-state index is -3.55. The Morgan fingerprint density at radius 1 is 1.19 bits per heavy atom. The Hall–Kier alpha value is -3.81. The number of carbonyl (C=O) groups is 3. The lowest BCUT2D eigenvalue weighted by Gasteiger charge is -2.42. The number of piperidine rings is 1. The first-order valence-corrected chi connectivity index (χ1v) is 12.5. The molecule has 3 amide bonds. The minimum absolute atomic E-state index is 0.0221. The van der Waals surface area contributed by atoms with Crippen molar-refractivity contribution in [1.29, 1.82) is 0 Å². The van der Waals surface area contributed by atoms with Gasteiger partial charge in [-0.15, -0.1) is 0 Å². The largest absolute Gasteiger partial charge is 0.480 e. The van der Waals surface area contributed by atoms with E-state index in [9.17, 15) is 31.6 Å². The number of ether oxygens (including phenoxy) is 1. The molecule has 36 heavy (non-hydrogen) atoms. The molecular formula is C22H25F2N5O6S. The Morgan fingerprint density at radius 2 is 1.83 bits per heavy atom. The Labute approximate surface area is 206 Å². The molecule has 0 bridgehead atoms. The van der Waals surface area contributed by atoms with Crippen molar-refractivity contribution in [3.63, 3.8) is 0 Å². The number of hydrogen-bond donors (Lipinski definition) is 3. The molecule has 0 unspecified atom stereocenters. The monoisotopic (exact) mass is 525 g/mol. The average Bonchev–Trinajstić information content (AvgIpc) is 2.79. The summed E-state index contributed by atoms with van der Waals surface area (Å²) in [6, 6.07) is 5.60. The topological polar surface area (TPSA) is 161 Å². The predicted octanol–water partition coefficient (Wildman–Crippen LogP) is 1.74. The van der Waals surface area contributed by atoms with E-state index in [-0.39, 0.29) is 22.8 Å². The standard InChI is InChI=1S/C22H25F2N5O6S/c1-12-11-29(21(32)19(31)27-15-8-16(18(25)30)20(35-2)26-10-15)17(9-22(12,23)24)13-4-6-14(7-5-13)28-36(3,33)34/h4-8,10,12,17,28H,9,11H2,1-3H3,(H2,25,30)(H,27,31)/t12-,17-/m1/s1. The molecule has 1 aromatic carbocycles. The summed E-state index contributed by atoms with van der Waals surface area (Å²) in [5, 5.41) is 2.31. The number of hydrogen-bond acceptors (Lipinski definition) is 7. The van der Waals surface area contributed by atoms with Gasteiger partial charge < -0.3 is 20.7 Å². The van der Waals surface area contributed by atoms with Crippen molar-refractivity contribution in [3.8, 4) is 5.88 Å². The number of nitrogens with zero attached hydrogens (tertiary/aromatic N) is 2. The second-order valence-electron chi connectivity index (χ2n) is 8.43. The molecule has 0 spiro atoms. The molecular weight excluding hydrogens is 500 g/mol. The van der Waals surface area contributed by atoms with Gasteiger partial charge in [0.1, 0.15) is 5.56 Å². The molecule has 1 aromatic heterocycles. The van der Waals surface area contributed by atoms with Gasteiger partial charge in [0.05, 0.1) is 31.3 Å². The van der Waals surface area contributed by atoms with Gasteiger partial charge >= 0.3 is 11.8 Å². The fourth-order valence-corrected chi connectivity index (χ4v) is 4.37. The van der Waals surface area contributed by atoms with Gasteiger partial charge in [0.15, 0.2) is 0 Å². The third kappa shape index (κ3) is 6.05. The summed E-state index contributed by atoms with van der Waals surface area (Å²) in [7, 11) is -2.28. The second kappa shape index (κ2) is 10.0. The Balaban J connectivity index is 1.87. The minimum Gasteiger partial charge on any atom is -0.480 e. The van der Waals surface area contributed by atoms with Gasteiger partial charge in [-0.05, 0) is 23.8 Å². The Kier molecular flexibility index (Phi) is 7.48. The van der Waals surface area contributed by atoms with Crippen LogP contribution in [0.1, 0.15) is 35.3 Å². The van der Waals surface area contributed by atoms with Crippen LogP contribution in [-0.4, -0.2) is 61.9 Å². The highest BCUT2D eigenvalue weighted by molar-refractivity contribution is 7.92. The third-order valence-corrected chi connectivity index (χ3v) is 6.26. The van der Waals surface area contributed by atoms with Crippen LogP contribution in [0.4, 0.5) is 20.2 Å². The summed E-state index contributed by atoms with van der Waals surface area (Å²) >= 11 is 0. The van der Waals surface area contributed by atoms with Gasteiger partial charge in [-0.1, -0.05) is 19.1 Å². The summed E-state index contributed by atoms with van der Waals surface area (Å²) < 4.78 is 59.3. The van der Waals surface area contributed by atoms with Gasteiger partial charge in [0.2, 0.25) is 15.9 Å². The molecule has 1 fully saturated rings. The number of methoxy groups -OCH3 is 1. The van der Waals surface area contributed by atoms with E-state index in [4.69, 9.17) is 10.5 Å². The molecule has 2 heterocycles. The highest BCUT2D eigenvalue weighted by Gasteiger charge is 2.48. The molecule has 11 nitrogen and oxygen atoms in total. The number of benzene rings is 1. The molecule has 3 rings (SSSR count). The van der Waals surface area contributed by atoms with Crippen LogP contribution < -0.4 is 20.5 Å². The summed E-state index contributed by atoms with van der Waals surface area (Å²) in [4.78, 5) is 42.3. The van der Waals surface area contributed by atoms with Gasteiger partial charge in [0.25, 0.3) is 11.8 Å². The Bertz CT molecular complexity index is 1290. The third-order valence-electron chi connectivity index (χ3n) is 5.65. The summed E-state index contributed by atoms with van der Waals surface area (Å²) in [5.74, 6) is -7.48. The number of alkyl halides is 2. The lowest BCUT2D eigenvalue weighted by molar-refractivity contribution is -0.159. The number of likely N-dealkylation sites (tertiary alicyclic amines) is 1. The van der Waals surface area contributed by atoms with E-state index < -0.39 is 58.6 Å². The fourth-order valence-electron chi connectivity index (χ4n) is 3.81. The van der Waals surface area contributed by atoms with Crippen molar-refractivity contribution in [2.24, 2.45) is 11.7 Å². The molecule has 1 aliphatic heterocycles. The van der Waals surface area contributed by atoms with E-state index in [0.29, 0.717) is 5.56 Å². The number of halogens is 2. The van der Waals surface area contributed by atoms with Crippen molar-refractivity contribution >= 4 is 39.1 Å². The smallest absolute Gasteiger partial charge is 0.313 e. The number of nitrogens with two attached hydrogens (primary N) is 1. The average molecular weight is 526 g/mol. The van der Waals surface area contributed by atoms with Crippen molar-refractivity contribution in [2.75, 3.05) is 29.9 Å². The highest BCUT2D eigenvalue weighted by atomic mass is 32.2. The maximum absolute atomic E-state index is 14.6.